The third kappa shape index (κ3) is 5.71. The van der Waals surface area contributed by atoms with Gasteiger partial charge in [-0.2, -0.15) is 0 Å². The molecule has 226 valence electrons. The predicted molar refractivity (Wildman–Crippen MR) is 156 cm³/mol. The Hall–Kier alpha value is -3.60. The Labute approximate surface area is 250 Å². The SMILES string of the molecule is CCC(=O)N1CCN(c2nc(-c3ccccc3F)c(Cl)c3c2C(=O)N2CCN(C(=O)OC(C)(C)C)C[C@@H]2CO3)[C@@H](C)C1. The summed E-state index contributed by atoms with van der Waals surface area (Å²) in [6.07, 6.45) is -0.0474. The summed E-state index contributed by atoms with van der Waals surface area (Å²) in [6.45, 7) is 11.4. The maximum absolute atomic E-state index is 15.0. The molecule has 5 rings (SSSR count). The molecule has 0 saturated carbocycles. The monoisotopic (exact) mass is 601 g/mol. The number of carbonyl (C=O) groups is 3. The number of piperazine rings is 2. The number of anilines is 1. The Morgan fingerprint density at radius 1 is 1.10 bits per heavy atom. The first-order valence-corrected chi connectivity index (χ1v) is 14.7. The third-order valence-corrected chi connectivity index (χ3v) is 8.14. The van der Waals surface area contributed by atoms with Crippen molar-refractivity contribution in [2.24, 2.45) is 0 Å². The van der Waals surface area contributed by atoms with Crippen molar-refractivity contribution in [1.82, 2.24) is 19.7 Å². The van der Waals surface area contributed by atoms with Crippen LogP contribution in [-0.2, 0) is 9.53 Å². The molecule has 3 aliphatic heterocycles. The number of hydrogen-bond acceptors (Lipinski definition) is 7. The number of halogens is 2. The Bertz CT molecular complexity index is 1400. The van der Waals surface area contributed by atoms with E-state index >= 15 is 4.39 Å². The number of aromatic nitrogens is 1. The molecule has 42 heavy (non-hydrogen) atoms. The van der Waals surface area contributed by atoms with Crippen LogP contribution in [0, 0.1) is 5.82 Å². The Kier molecular flexibility index (Phi) is 8.24. The molecule has 2 aromatic rings. The van der Waals surface area contributed by atoms with Crippen LogP contribution in [0.2, 0.25) is 5.02 Å². The van der Waals surface area contributed by atoms with Gasteiger partial charge in [-0.05, 0) is 39.8 Å². The lowest BCUT2D eigenvalue weighted by Crippen LogP contribution is -2.58. The summed E-state index contributed by atoms with van der Waals surface area (Å²) in [4.78, 5) is 51.4. The fourth-order valence-electron chi connectivity index (χ4n) is 5.70. The number of rotatable bonds is 3. The van der Waals surface area contributed by atoms with Crippen LogP contribution in [0.15, 0.2) is 24.3 Å². The van der Waals surface area contributed by atoms with Crippen LogP contribution in [-0.4, -0.2) is 101 Å². The maximum Gasteiger partial charge on any atom is 0.410 e. The van der Waals surface area contributed by atoms with Crippen LogP contribution >= 0.6 is 11.6 Å². The van der Waals surface area contributed by atoms with E-state index in [1.54, 1.807) is 53.7 Å². The van der Waals surface area contributed by atoms with Gasteiger partial charge in [0.25, 0.3) is 5.91 Å². The van der Waals surface area contributed by atoms with Gasteiger partial charge in [-0.25, -0.2) is 14.2 Å². The molecule has 2 saturated heterocycles. The number of hydrogen-bond donors (Lipinski definition) is 0. The van der Waals surface area contributed by atoms with E-state index in [-0.39, 0.29) is 65.1 Å². The summed E-state index contributed by atoms with van der Waals surface area (Å²) in [7, 11) is 0. The number of fused-ring (bicyclic) bond motifs is 2. The van der Waals surface area contributed by atoms with E-state index in [1.807, 2.05) is 18.7 Å². The van der Waals surface area contributed by atoms with E-state index in [0.29, 0.717) is 38.4 Å². The Morgan fingerprint density at radius 3 is 2.45 bits per heavy atom. The lowest BCUT2D eigenvalue weighted by atomic mass is 10.0. The van der Waals surface area contributed by atoms with E-state index in [0.717, 1.165) is 0 Å². The highest BCUT2D eigenvalue weighted by Crippen LogP contribution is 2.44. The summed E-state index contributed by atoms with van der Waals surface area (Å²) >= 11 is 6.87. The summed E-state index contributed by atoms with van der Waals surface area (Å²) in [5.74, 6) is -0.289. The number of amides is 3. The van der Waals surface area contributed by atoms with Gasteiger partial charge in [-0.15, -0.1) is 0 Å². The van der Waals surface area contributed by atoms with Crippen LogP contribution in [0.4, 0.5) is 15.0 Å². The second kappa shape index (κ2) is 11.6. The van der Waals surface area contributed by atoms with Crippen molar-refractivity contribution in [2.75, 3.05) is 50.8 Å². The minimum atomic E-state index is -0.653. The predicted octanol–water partition coefficient (Wildman–Crippen LogP) is 4.44. The molecule has 3 amide bonds. The topological polar surface area (TPSA) is 95.5 Å². The highest BCUT2D eigenvalue weighted by molar-refractivity contribution is 6.35. The molecule has 0 bridgehead atoms. The minimum Gasteiger partial charge on any atom is -0.489 e. The molecule has 0 aliphatic carbocycles. The van der Waals surface area contributed by atoms with Gasteiger partial charge in [0.1, 0.15) is 34.4 Å². The van der Waals surface area contributed by atoms with Gasteiger partial charge in [0.15, 0.2) is 5.75 Å². The minimum absolute atomic E-state index is 0.0449. The van der Waals surface area contributed by atoms with Gasteiger partial charge in [0.2, 0.25) is 5.91 Å². The first kappa shape index (κ1) is 29.9. The molecule has 2 fully saturated rings. The summed E-state index contributed by atoms with van der Waals surface area (Å²) < 4.78 is 26.9. The summed E-state index contributed by atoms with van der Waals surface area (Å²) in [5, 5.41) is 0.0449. The molecular weight excluding hydrogens is 565 g/mol. The van der Waals surface area contributed by atoms with Gasteiger partial charge in [-0.3, -0.25) is 9.59 Å². The molecule has 0 unspecified atom stereocenters. The van der Waals surface area contributed by atoms with E-state index in [4.69, 9.17) is 26.1 Å². The molecule has 2 atom stereocenters. The van der Waals surface area contributed by atoms with E-state index < -0.39 is 23.6 Å². The van der Waals surface area contributed by atoms with Crippen molar-refractivity contribution >= 4 is 35.3 Å². The number of nitrogens with zero attached hydrogens (tertiary/aromatic N) is 5. The maximum atomic E-state index is 15.0. The zero-order valence-corrected chi connectivity index (χ0v) is 25.4. The lowest BCUT2D eigenvalue weighted by Gasteiger charge is -2.42. The molecule has 4 heterocycles. The van der Waals surface area contributed by atoms with Crippen molar-refractivity contribution in [3.63, 3.8) is 0 Å². The molecule has 12 heteroatoms. The van der Waals surface area contributed by atoms with Gasteiger partial charge in [0, 0.05) is 57.3 Å². The second-order valence-electron chi connectivity index (χ2n) is 11.9. The molecule has 0 N–H and O–H groups in total. The van der Waals surface area contributed by atoms with Gasteiger partial charge < -0.3 is 29.1 Å². The quantitative estimate of drug-likeness (QED) is 0.513. The number of ether oxygens (including phenoxy) is 2. The smallest absolute Gasteiger partial charge is 0.410 e. The molecule has 0 radical (unpaired) electrons. The number of pyridine rings is 1. The Balaban J connectivity index is 1.55. The molecule has 3 aliphatic rings. The molecule has 1 aromatic heterocycles. The van der Waals surface area contributed by atoms with Crippen molar-refractivity contribution in [3.05, 3.63) is 40.7 Å². The van der Waals surface area contributed by atoms with Crippen molar-refractivity contribution in [2.45, 2.75) is 58.7 Å². The zero-order chi connectivity index (χ0) is 30.3. The number of benzene rings is 1. The summed E-state index contributed by atoms with van der Waals surface area (Å²) in [5.41, 5.74) is -0.0886. The van der Waals surface area contributed by atoms with Crippen LogP contribution in [0.1, 0.15) is 51.4 Å². The molecule has 0 spiro atoms. The fraction of sp³-hybridized carbons (Fsp3) is 0.533. The summed E-state index contributed by atoms with van der Waals surface area (Å²) in [6, 6.07) is 5.55. The van der Waals surface area contributed by atoms with E-state index in [2.05, 4.69) is 0 Å². The normalized spacial score (nSPS) is 20.9. The van der Waals surface area contributed by atoms with Crippen LogP contribution in [0.3, 0.4) is 0 Å². The van der Waals surface area contributed by atoms with E-state index in [9.17, 15) is 14.4 Å². The number of carbonyl (C=O) groups excluding carboxylic acids is 3. The van der Waals surface area contributed by atoms with Crippen molar-refractivity contribution in [3.8, 4) is 17.0 Å². The van der Waals surface area contributed by atoms with Crippen LogP contribution in [0.25, 0.3) is 11.3 Å². The highest BCUT2D eigenvalue weighted by Gasteiger charge is 2.42. The first-order valence-electron chi connectivity index (χ1n) is 14.3. The second-order valence-corrected chi connectivity index (χ2v) is 12.3. The molecule has 1 aromatic carbocycles. The molecular formula is C30H37ClFN5O5. The largest absolute Gasteiger partial charge is 0.489 e. The average Bonchev–Trinajstić information content (AvgIpc) is 3.09. The van der Waals surface area contributed by atoms with Crippen LogP contribution < -0.4 is 9.64 Å². The third-order valence-electron chi connectivity index (χ3n) is 7.79. The van der Waals surface area contributed by atoms with Gasteiger partial charge in [-0.1, -0.05) is 30.7 Å². The van der Waals surface area contributed by atoms with E-state index in [1.165, 1.54) is 6.07 Å². The zero-order valence-electron chi connectivity index (χ0n) is 24.7. The van der Waals surface area contributed by atoms with Crippen molar-refractivity contribution < 1.29 is 28.2 Å². The van der Waals surface area contributed by atoms with Gasteiger partial charge in [0.05, 0.1) is 11.7 Å². The highest BCUT2D eigenvalue weighted by atomic mass is 35.5. The van der Waals surface area contributed by atoms with Gasteiger partial charge >= 0.3 is 6.09 Å². The lowest BCUT2D eigenvalue weighted by molar-refractivity contribution is -0.131. The first-order chi connectivity index (χ1) is 19.9. The average molecular weight is 602 g/mol. The molecule has 10 nitrogen and oxygen atoms in total. The standard InChI is InChI=1S/C30H37ClFN5O5/c1-6-22(38)34-11-13-36(18(2)15-34)27-23-26(24(31)25(33-27)20-9-7-8-10-21(20)32)41-17-19-16-35(12-14-37(19)28(23)39)29(40)42-30(3,4)5/h7-10,18-19H,6,11-17H2,1-5H3/t18-,19+/m0/s1. The van der Waals surface area contributed by atoms with Crippen LogP contribution in [0.5, 0.6) is 5.75 Å². The fourth-order valence-corrected chi connectivity index (χ4v) is 5.99. The van der Waals surface area contributed by atoms with Crippen molar-refractivity contribution in [1.29, 1.82) is 0 Å². The Morgan fingerprint density at radius 2 is 1.79 bits per heavy atom.